The maximum atomic E-state index is 12.9. The van der Waals surface area contributed by atoms with E-state index in [-0.39, 0.29) is 0 Å². The van der Waals surface area contributed by atoms with Gasteiger partial charge in [-0.05, 0) is 23.8 Å². The Hall–Kier alpha value is -3.13. The standard InChI is InChI=1S/C25H19ClN2O3S2/c26-20-14-8-7-13-19(20)21-16-32-25(27-21)28-22(29)15-31-24(30)23(17-9-3-1-4-10-17)33-18-11-5-2-6-12-18/h1-14,16,23H,15H2,(H,27,28,29). The van der Waals surface area contributed by atoms with Crippen LogP contribution >= 0.6 is 34.7 Å². The molecule has 33 heavy (non-hydrogen) atoms. The normalized spacial score (nSPS) is 11.5. The lowest BCUT2D eigenvalue weighted by atomic mass is 10.1. The summed E-state index contributed by atoms with van der Waals surface area (Å²) >= 11 is 8.87. The van der Waals surface area contributed by atoms with Crippen LogP contribution in [-0.4, -0.2) is 23.5 Å². The van der Waals surface area contributed by atoms with Crippen molar-refractivity contribution in [1.29, 1.82) is 0 Å². The van der Waals surface area contributed by atoms with Crippen molar-refractivity contribution in [2.45, 2.75) is 10.1 Å². The lowest BCUT2D eigenvalue weighted by Gasteiger charge is -2.16. The molecule has 5 nitrogen and oxygen atoms in total. The van der Waals surface area contributed by atoms with Crippen LogP contribution in [0.15, 0.2) is 95.2 Å². The molecule has 3 aromatic carbocycles. The van der Waals surface area contributed by atoms with E-state index < -0.39 is 23.7 Å². The first-order valence-corrected chi connectivity index (χ1v) is 12.2. The minimum atomic E-state index is -0.590. The van der Waals surface area contributed by atoms with Crippen LogP contribution in [0.2, 0.25) is 5.02 Å². The predicted octanol–water partition coefficient (Wildman–Crippen LogP) is 6.48. The maximum Gasteiger partial charge on any atom is 0.324 e. The fourth-order valence-corrected chi connectivity index (χ4v) is 5.01. The number of anilines is 1. The number of carbonyl (C=O) groups excluding carboxylic acids is 2. The number of thioether (sulfide) groups is 1. The van der Waals surface area contributed by atoms with Gasteiger partial charge in [-0.3, -0.25) is 14.9 Å². The zero-order valence-corrected chi connectivity index (χ0v) is 19.7. The molecule has 1 amide bonds. The van der Waals surface area contributed by atoms with Gasteiger partial charge >= 0.3 is 5.97 Å². The molecule has 0 fully saturated rings. The summed E-state index contributed by atoms with van der Waals surface area (Å²) in [5.41, 5.74) is 2.26. The lowest BCUT2D eigenvalue weighted by molar-refractivity contribution is -0.146. The molecule has 4 aromatic rings. The monoisotopic (exact) mass is 494 g/mol. The molecule has 0 radical (unpaired) electrons. The second kappa shape index (κ2) is 11.1. The molecule has 8 heteroatoms. The van der Waals surface area contributed by atoms with Crippen LogP contribution in [0.3, 0.4) is 0 Å². The maximum absolute atomic E-state index is 12.9. The number of nitrogens with zero attached hydrogens (tertiary/aromatic N) is 1. The Morgan fingerprint density at radius 2 is 1.64 bits per heavy atom. The summed E-state index contributed by atoms with van der Waals surface area (Å²) < 4.78 is 5.36. The summed E-state index contributed by atoms with van der Waals surface area (Å²) in [4.78, 5) is 30.6. The smallest absolute Gasteiger partial charge is 0.324 e. The Morgan fingerprint density at radius 3 is 2.36 bits per heavy atom. The molecule has 1 aromatic heterocycles. The molecule has 0 aliphatic rings. The number of hydrogen-bond acceptors (Lipinski definition) is 6. The topological polar surface area (TPSA) is 68.3 Å². The number of halogens is 1. The molecule has 0 spiro atoms. The number of benzene rings is 3. The molecule has 0 bridgehead atoms. The Balaban J connectivity index is 1.38. The highest BCUT2D eigenvalue weighted by molar-refractivity contribution is 8.00. The first-order chi connectivity index (χ1) is 16.1. The van der Waals surface area contributed by atoms with Crippen LogP contribution in [0.4, 0.5) is 5.13 Å². The van der Waals surface area contributed by atoms with Crippen LogP contribution < -0.4 is 5.32 Å². The zero-order valence-electron chi connectivity index (χ0n) is 17.3. The summed E-state index contributed by atoms with van der Waals surface area (Å²) in [5.74, 6) is -0.943. The molecular weight excluding hydrogens is 476 g/mol. The van der Waals surface area contributed by atoms with E-state index in [0.717, 1.165) is 16.0 Å². The SMILES string of the molecule is O=C(COC(=O)C(Sc1ccccc1)c1ccccc1)Nc1nc(-c2ccccc2Cl)cs1. The first kappa shape index (κ1) is 23.0. The Bertz CT molecular complexity index is 1230. The lowest BCUT2D eigenvalue weighted by Crippen LogP contribution is -2.23. The van der Waals surface area contributed by atoms with E-state index in [1.807, 2.05) is 84.2 Å². The van der Waals surface area contributed by atoms with Crippen LogP contribution in [0.1, 0.15) is 10.8 Å². The van der Waals surface area contributed by atoms with Crippen molar-refractivity contribution in [3.8, 4) is 11.3 Å². The van der Waals surface area contributed by atoms with Gasteiger partial charge in [-0.25, -0.2) is 4.98 Å². The quantitative estimate of drug-likeness (QED) is 0.224. The third kappa shape index (κ3) is 6.22. The number of ether oxygens (including phenoxy) is 1. The number of amides is 1. The van der Waals surface area contributed by atoms with Crippen LogP contribution in [-0.2, 0) is 14.3 Å². The average molecular weight is 495 g/mol. The van der Waals surface area contributed by atoms with Gasteiger partial charge in [0.25, 0.3) is 5.91 Å². The summed E-state index contributed by atoms with van der Waals surface area (Å²) in [6.45, 7) is -0.404. The zero-order chi connectivity index (χ0) is 23.0. The third-order valence-corrected chi connectivity index (χ3v) is 6.89. The fraction of sp³-hybridized carbons (Fsp3) is 0.0800. The van der Waals surface area contributed by atoms with Crippen molar-refractivity contribution in [2.24, 2.45) is 0 Å². The van der Waals surface area contributed by atoms with Crippen molar-refractivity contribution >= 4 is 51.7 Å². The summed E-state index contributed by atoms with van der Waals surface area (Å²) in [6, 6.07) is 26.3. The minimum absolute atomic E-state index is 0.404. The molecule has 4 rings (SSSR count). The average Bonchev–Trinajstić information content (AvgIpc) is 3.30. The molecule has 1 N–H and O–H groups in total. The van der Waals surface area contributed by atoms with Crippen molar-refractivity contribution in [3.05, 3.63) is 101 Å². The van der Waals surface area contributed by atoms with Gasteiger partial charge in [-0.15, -0.1) is 23.1 Å². The van der Waals surface area contributed by atoms with E-state index in [9.17, 15) is 9.59 Å². The van der Waals surface area contributed by atoms with Crippen LogP contribution in [0.25, 0.3) is 11.3 Å². The number of aromatic nitrogens is 1. The molecular formula is C25H19ClN2O3S2. The van der Waals surface area contributed by atoms with Crippen molar-refractivity contribution in [3.63, 3.8) is 0 Å². The van der Waals surface area contributed by atoms with Gasteiger partial charge in [0, 0.05) is 20.9 Å². The molecule has 0 aliphatic heterocycles. The second-order valence-corrected chi connectivity index (χ2v) is 9.34. The molecule has 1 atom stereocenters. The Labute approximate surface area is 204 Å². The van der Waals surface area contributed by atoms with Crippen molar-refractivity contribution in [2.75, 3.05) is 11.9 Å². The van der Waals surface area contributed by atoms with Gasteiger partial charge < -0.3 is 4.74 Å². The number of rotatable bonds is 8. The number of hydrogen-bond donors (Lipinski definition) is 1. The highest BCUT2D eigenvalue weighted by atomic mass is 35.5. The van der Waals surface area contributed by atoms with Gasteiger partial charge in [0.05, 0.1) is 5.69 Å². The molecule has 1 unspecified atom stereocenters. The van der Waals surface area contributed by atoms with E-state index >= 15 is 0 Å². The van der Waals surface area contributed by atoms with Gasteiger partial charge in [0.15, 0.2) is 11.7 Å². The summed E-state index contributed by atoms with van der Waals surface area (Å²) in [7, 11) is 0. The molecule has 0 aliphatic carbocycles. The minimum Gasteiger partial charge on any atom is -0.454 e. The molecule has 0 saturated carbocycles. The summed E-state index contributed by atoms with van der Waals surface area (Å²) in [6.07, 6.45) is 0. The van der Waals surface area contributed by atoms with Gasteiger partial charge in [0.1, 0.15) is 5.25 Å². The van der Waals surface area contributed by atoms with E-state index in [1.165, 1.54) is 23.1 Å². The number of nitrogens with one attached hydrogen (secondary N) is 1. The Morgan fingerprint density at radius 1 is 0.970 bits per heavy atom. The third-order valence-electron chi connectivity index (χ3n) is 4.56. The van der Waals surface area contributed by atoms with Crippen molar-refractivity contribution in [1.82, 2.24) is 4.98 Å². The van der Waals surface area contributed by atoms with Gasteiger partial charge in [-0.2, -0.15) is 0 Å². The van der Waals surface area contributed by atoms with E-state index in [4.69, 9.17) is 16.3 Å². The summed E-state index contributed by atoms with van der Waals surface area (Å²) in [5, 5.41) is 4.88. The molecule has 0 saturated heterocycles. The van der Waals surface area contributed by atoms with Crippen molar-refractivity contribution < 1.29 is 14.3 Å². The van der Waals surface area contributed by atoms with E-state index in [2.05, 4.69) is 10.3 Å². The Kier molecular flexibility index (Phi) is 7.78. The van der Waals surface area contributed by atoms with Crippen LogP contribution in [0.5, 0.6) is 0 Å². The van der Waals surface area contributed by atoms with E-state index in [1.54, 1.807) is 6.07 Å². The predicted molar refractivity (Wildman–Crippen MR) is 134 cm³/mol. The van der Waals surface area contributed by atoms with Gasteiger partial charge in [-0.1, -0.05) is 78.3 Å². The highest BCUT2D eigenvalue weighted by Gasteiger charge is 2.24. The number of esters is 1. The van der Waals surface area contributed by atoms with Crippen LogP contribution in [0, 0.1) is 0 Å². The van der Waals surface area contributed by atoms with Gasteiger partial charge in [0.2, 0.25) is 0 Å². The first-order valence-electron chi connectivity index (χ1n) is 10.0. The largest absolute Gasteiger partial charge is 0.454 e. The second-order valence-electron chi connectivity index (χ2n) is 6.90. The number of carbonyl (C=O) groups is 2. The highest BCUT2D eigenvalue weighted by Crippen LogP contribution is 2.36. The number of thiazole rings is 1. The fourth-order valence-electron chi connectivity index (χ4n) is 3.01. The molecule has 1 heterocycles. The molecule has 166 valence electrons. The van der Waals surface area contributed by atoms with E-state index in [0.29, 0.717) is 15.8 Å².